The minimum atomic E-state index is 0.581. The first-order valence-electron chi connectivity index (χ1n) is 6.23. The van der Waals surface area contributed by atoms with Gasteiger partial charge in [-0.15, -0.1) is 11.3 Å². The first-order valence-corrected chi connectivity index (χ1v) is 7.11. The molecule has 0 saturated carbocycles. The van der Waals surface area contributed by atoms with Crippen molar-refractivity contribution in [3.63, 3.8) is 0 Å². The lowest BCUT2D eigenvalue weighted by atomic mass is 10.2. The molecule has 0 aliphatic carbocycles. The average molecular weight is 286 g/mol. The fourth-order valence-electron chi connectivity index (χ4n) is 1.87. The summed E-state index contributed by atoms with van der Waals surface area (Å²) in [5.41, 5.74) is 2.11. The molecule has 1 aromatic carbocycles. The molecule has 5 nitrogen and oxygen atoms in total. The van der Waals surface area contributed by atoms with Crippen LogP contribution in [0.4, 0.5) is 5.13 Å². The topological polar surface area (TPSA) is 55.1 Å². The molecule has 0 spiro atoms. The molecule has 20 heavy (non-hydrogen) atoms. The second-order valence-electron chi connectivity index (χ2n) is 4.47. The predicted octanol–water partition coefficient (Wildman–Crippen LogP) is 3.14. The van der Waals surface area contributed by atoms with Gasteiger partial charge in [0.05, 0.1) is 12.2 Å². The van der Waals surface area contributed by atoms with E-state index in [0.29, 0.717) is 18.3 Å². The number of rotatable bonds is 4. The summed E-state index contributed by atoms with van der Waals surface area (Å²) in [5.74, 6) is 1.25. The van der Waals surface area contributed by atoms with E-state index >= 15 is 0 Å². The van der Waals surface area contributed by atoms with Crippen molar-refractivity contribution in [1.29, 1.82) is 0 Å². The van der Waals surface area contributed by atoms with E-state index in [1.54, 1.807) is 18.3 Å². The molecule has 3 rings (SSSR count). The first kappa shape index (κ1) is 12.8. The zero-order valence-electron chi connectivity index (χ0n) is 11.3. The Balaban J connectivity index is 1.76. The molecule has 102 valence electrons. The molecule has 0 saturated heterocycles. The Morgan fingerprint density at radius 1 is 1.20 bits per heavy atom. The number of hydrogen-bond donors (Lipinski definition) is 0. The van der Waals surface area contributed by atoms with Gasteiger partial charge in [0.15, 0.2) is 11.0 Å². The molecule has 0 radical (unpaired) electrons. The summed E-state index contributed by atoms with van der Waals surface area (Å²) in [4.78, 5) is 10.9. The molecule has 2 aromatic heterocycles. The van der Waals surface area contributed by atoms with Crippen LogP contribution >= 0.6 is 11.3 Å². The minimum absolute atomic E-state index is 0.581. The van der Waals surface area contributed by atoms with Gasteiger partial charge in [0.25, 0.3) is 0 Å². The third-order valence-electron chi connectivity index (χ3n) is 2.84. The van der Waals surface area contributed by atoms with E-state index in [1.165, 1.54) is 0 Å². The molecule has 0 N–H and O–H groups in total. The van der Waals surface area contributed by atoms with E-state index in [0.717, 1.165) is 16.4 Å². The summed E-state index contributed by atoms with van der Waals surface area (Å²) in [6, 6.07) is 10.1. The summed E-state index contributed by atoms with van der Waals surface area (Å²) in [7, 11) is 1.97. The van der Waals surface area contributed by atoms with Crippen molar-refractivity contribution in [3.05, 3.63) is 47.4 Å². The largest absolute Gasteiger partial charge is 0.343 e. The molecule has 0 aliphatic rings. The van der Waals surface area contributed by atoms with Crippen LogP contribution in [0, 0.1) is 6.92 Å². The van der Waals surface area contributed by atoms with Gasteiger partial charge in [0.2, 0.25) is 5.89 Å². The van der Waals surface area contributed by atoms with Gasteiger partial charge < -0.3 is 9.42 Å². The van der Waals surface area contributed by atoms with Gasteiger partial charge >= 0.3 is 0 Å². The van der Waals surface area contributed by atoms with Crippen molar-refractivity contribution in [2.75, 3.05) is 11.9 Å². The Morgan fingerprint density at radius 3 is 2.70 bits per heavy atom. The van der Waals surface area contributed by atoms with Crippen molar-refractivity contribution in [1.82, 2.24) is 15.1 Å². The molecular formula is C14H14N4OS. The van der Waals surface area contributed by atoms with Crippen molar-refractivity contribution in [2.24, 2.45) is 0 Å². The normalized spacial score (nSPS) is 10.7. The highest BCUT2D eigenvalue weighted by Gasteiger charge is 2.11. The number of benzene rings is 1. The van der Waals surface area contributed by atoms with E-state index < -0.39 is 0 Å². The average Bonchev–Trinajstić information content (AvgIpc) is 3.09. The molecule has 0 unspecified atom stereocenters. The van der Waals surface area contributed by atoms with E-state index in [1.807, 2.05) is 30.1 Å². The van der Waals surface area contributed by atoms with Crippen LogP contribution in [0.25, 0.3) is 11.3 Å². The summed E-state index contributed by atoms with van der Waals surface area (Å²) in [5, 5.41) is 6.89. The predicted molar refractivity (Wildman–Crippen MR) is 78.7 cm³/mol. The van der Waals surface area contributed by atoms with Crippen LogP contribution in [0.15, 0.2) is 40.2 Å². The third-order valence-corrected chi connectivity index (χ3v) is 3.79. The van der Waals surface area contributed by atoms with Gasteiger partial charge in [-0.05, 0) is 0 Å². The van der Waals surface area contributed by atoms with Crippen LogP contribution in [0.2, 0.25) is 0 Å². The Morgan fingerprint density at radius 2 is 2.00 bits per heavy atom. The van der Waals surface area contributed by atoms with Gasteiger partial charge in [-0.2, -0.15) is 4.98 Å². The molecule has 0 amide bonds. The molecule has 0 atom stereocenters. The van der Waals surface area contributed by atoms with Gasteiger partial charge in [-0.1, -0.05) is 35.5 Å². The minimum Gasteiger partial charge on any atom is -0.343 e. The number of thiazole rings is 1. The standard InChI is InChI=1S/C14H14N4OS/c1-10-15-13(17-19-10)8-18(2)14-16-12(9-20-14)11-6-4-3-5-7-11/h3-7,9H,8H2,1-2H3. The summed E-state index contributed by atoms with van der Waals surface area (Å²) < 4.78 is 4.97. The maximum absolute atomic E-state index is 4.97. The lowest BCUT2D eigenvalue weighted by Crippen LogP contribution is -2.17. The van der Waals surface area contributed by atoms with Gasteiger partial charge in [0, 0.05) is 24.9 Å². The van der Waals surface area contributed by atoms with Gasteiger partial charge in [-0.3, -0.25) is 0 Å². The third kappa shape index (κ3) is 2.70. The molecule has 0 aliphatic heterocycles. The van der Waals surface area contributed by atoms with Crippen molar-refractivity contribution >= 4 is 16.5 Å². The van der Waals surface area contributed by atoms with E-state index in [4.69, 9.17) is 4.52 Å². The fourth-order valence-corrected chi connectivity index (χ4v) is 2.67. The molecule has 3 aromatic rings. The zero-order valence-corrected chi connectivity index (χ0v) is 12.1. The van der Waals surface area contributed by atoms with Crippen LogP contribution in [0.5, 0.6) is 0 Å². The van der Waals surface area contributed by atoms with Crippen molar-refractivity contribution in [3.8, 4) is 11.3 Å². The summed E-state index contributed by atoms with van der Waals surface area (Å²) in [6.45, 7) is 2.37. The zero-order chi connectivity index (χ0) is 13.9. The Labute approximate surface area is 120 Å². The highest BCUT2D eigenvalue weighted by atomic mass is 32.1. The smallest absolute Gasteiger partial charge is 0.223 e. The highest BCUT2D eigenvalue weighted by Crippen LogP contribution is 2.27. The Kier molecular flexibility index (Phi) is 3.47. The summed E-state index contributed by atoms with van der Waals surface area (Å²) >= 11 is 1.61. The second-order valence-corrected chi connectivity index (χ2v) is 5.30. The van der Waals surface area contributed by atoms with Gasteiger partial charge in [0.1, 0.15) is 0 Å². The number of nitrogens with zero attached hydrogens (tertiary/aromatic N) is 4. The monoisotopic (exact) mass is 286 g/mol. The maximum Gasteiger partial charge on any atom is 0.223 e. The van der Waals surface area contributed by atoms with Crippen LogP contribution in [-0.2, 0) is 6.54 Å². The van der Waals surface area contributed by atoms with E-state index in [2.05, 4.69) is 32.6 Å². The van der Waals surface area contributed by atoms with E-state index in [9.17, 15) is 0 Å². The molecule has 0 bridgehead atoms. The summed E-state index contributed by atoms with van der Waals surface area (Å²) in [6.07, 6.45) is 0. The maximum atomic E-state index is 4.97. The van der Waals surface area contributed by atoms with Crippen LogP contribution in [0.3, 0.4) is 0 Å². The molecule has 6 heteroatoms. The number of hydrogen-bond acceptors (Lipinski definition) is 6. The SMILES string of the molecule is Cc1nc(CN(C)c2nc(-c3ccccc3)cs2)no1. The fraction of sp³-hybridized carbons (Fsp3) is 0.214. The molecule has 0 fully saturated rings. The van der Waals surface area contributed by atoms with E-state index in [-0.39, 0.29) is 0 Å². The van der Waals surface area contributed by atoms with Crippen LogP contribution < -0.4 is 4.90 Å². The quantitative estimate of drug-likeness (QED) is 0.737. The number of aromatic nitrogens is 3. The van der Waals surface area contributed by atoms with Crippen LogP contribution in [0.1, 0.15) is 11.7 Å². The van der Waals surface area contributed by atoms with Crippen molar-refractivity contribution in [2.45, 2.75) is 13.5 Å². The highest BCUT2D eigenvalue weighted by molar-refractivity contribution is 7.14. The first-order chi connectivity index (χ1) is 9.72. The Hall–Kier alpha value is -2.21. The Bertz CT molecular complexity index is 692. The second kappa shape index (κ2) is 5.42. The lowest BCUT2D eigenvalue weighted by Gasteiger charge is -2.12. The van der Waals surface area contributed by atoms with Crippen LogP contribution in [-0.4, -0.2) is 22.2 Å². The molecule has 2 heterocycles. The molecular weight excluding hydrogens is 272 g/mol. The van der Waals surface area contributed by atoms with Gasteiger partial charge in [-0.25, -0.2) is 4.98 Å². The lowest BCUT2D eigenvalue weighted by molar-refractivity contribution is 0.387. The van der Waals surface area contributed by atoms with Crippen molar-refractivity contribution < 1.29 is 4.52 Å². The number of anilines is 1. The number of aryl methyl sites for hydroxylation is 1.